The van der Waals surface area contributed by atoms with E-state index in [4.69, 9.17) is 9.47 Å². The number of ether oxygens (including phenoxy) is 2. The number of nitrogens with zero attached hydrogens (tertiary/aromatic N) is 2. The van der Waals surface area contributed by atoms with E-state index in [9.17, 15) is 14.0 Å². The van der Waals surface area contributed by atoms with Crippen LogP contribution >= 0.6 is 0 Å². The Morgan fingerprint density at radius 3 is 2.47 bits per heavy atom. The summed E-state index contributed by atoms with van der Waals surface area (Å²) in [5.41, 5.74) is 1.37. The molecular formula is C24H20FN3O4. The second-order valence-electron chi connectivity index (χ2n) is 7.00. The maximum absolute atomic E-state index is 13.3. The van der Waals surface area contributed by atoms with Crippen LogP contribution in [0.1, 0.15) is 16.2 Å². The number of fused-ring (bicyclic) bond motifs is 1. The van der Waals surface area contributed by atoms with E-state index in [2.05, 4.69) is 10.3 Å². The lowest BCUT2D eigenvalue weighted by molar-refractivity contribution is 0.102. The maximum Gasteiger partial charge on any atom is 0.266 e. The summed E-state index contributed by atoms with van der Waals surface area (Å²) in [5, 5.41) is 3.10. The topological polar surface area (TPSA) is 82.5 Å². The van der Waals surface area contributed by atoms with Gasteiger partial charge in [0.05, 0.1) is 36.4 Å². The second kappa shape index (κ2) is 8.50. The predicted molar refractivity (Wildman–Crippen MR) is 120 cm³/mol. The van der Waals surface area contributed by atoms with Crippen molar-refractivity contribution >= 4 is 22.5 Å². The molecule has 1 heterocycles. The van der Waals surface area contributed by atoms with Gasteiger partial charge in [-0.2, -0.15) is 0 Å². The highest BCUT2D eigenvalue weighted by Gasteiger charge is 2.17. The Hall–Kier alpha value is -4.20. The molecule has 0 atom stereocenters. The molecule has 162 valence electrons. The number of anilines is 1. The first-order valence-corrected chi connectivity index (χ1v) is 9.74. The Morgan fingerprint density at radius 2 is 1.78 bits per heavy atom. The van der Waals surface area contributed by atoms with Gasteiger partial charge < -0.3 is 14.8 Å². The Morgan fingerprint density at radius 1 is 1.03 bits per heavy atom. The largest absolute Gasteiger partial charge is 0.493 e. The van der Waals surface area contributed by atoms with Crippen molar-refractivity contribution in [1.82, 2.24) is 9.55 Å². The quantitative estimate of drug-likeness (QED) is 0.512. The van der Waals surface area contributed by atoms with Gasteiger partial charge in [0.25, 0.3) is 11.5 Å². The number of benzene rings is 3. The minimum atomic E-state index is -0.418. The molecule has 0 aliphatic heterocycles. The smallest absolute Gasteiger partial charge is 0.266 e. The molecule has 1 aromatic heterocycles. The fourth-order valence-corrected chi connectivity index (χ4v) is 3.53. The SMILES string of the molecule is COc1cccc(C(=O)Nc2ccc3nc(C)n(-c4ccc(F)cc4)c(=O)c3c2)c1OC. The molecule has 0 bridgehead atoms. The molecular weight excluding hydrogens is 413 g/mol. The third-order valence-electron chi connectivity index (χ3n) is 5.03. The second-order valence-corrected chi connectivity index (χ2v) is 7.00. The molecule has 7 nitrogen and oxygen atoms in total. The Labute approximate surface area is 183 Å². The highest BCUT2D eigenvalue weighted by atomic mass is 19.1. The third-order valence-corrected chi connectivity index (χ3v) is 5.03. The fourth-order valence-electron chi connectivity index (χ4n) is 3.53. The molecule has 0 saturated heterocycles. The van der Waals surface area contributed by atoms with E-state index >= 15 is 0 Å². The van der Waals surface area contributed by atoms with Gasteiger partial charge in [0, 0.05) is 5.69 Å². The molecule has 4 aromatic rings. The lowest BCUT2D eigenvalue weighted by atomic mass is 10.1. The first-order chi connectivity index (χ1) is 15.4. The molecule has 1 amide bonds. The van der Waals surface area contributed by atoms with Crippen LogP contribution in [0.4, 0.5) is 10.1 Å². The molecule has 4 rings (SSSR count). The average Bonchev–Trinajstić information content (AvgIpc) is 2.80. The van der Waals surface area contributed by atoms with Gasteiger partial charge in [0.1, 0.15) is 11.6 Å². The Bertz CT molecular complexity index is 1380. The highest BCUT2D eigenvalue weighted by molar-refractivity contribution is 6.07. The lowest BCUT2D eigenvalue weighted by Crippen LogP contribution is -2.22. The monoisotopic (exact) mass is 433 g/mol. The van der Waals surface area contributed by atoms with Crippen LogP contribution in [0.5, 0.6) is 11.5 Å². The van der Waals surface area contributed by atoms with Crippen LogP contribution in [0, 0.1) is 12.7 Å². The number of rotatable bonds is 5. The van der Waals surface area contributed by atoms with Crippen molar-refractivity contribution in [2.45, 2.75) is 6.92 Å². The minimum absolute atomic E-state index is 0.290. The van der Waals surface area contributed by atoms with E-state index in [0.717, 1.165) is 0 Å². The Balaban J connectivity index is 1.75. The van der Waals surface area contributed by atoms with Gasteiger partial charge in [-0.3, -0.25) is 14.2 Å². The first kappa shape index (κ1) is 21.0. The number of hydrogen-bond donors (Lipinski definition) is 1. The number of carbonyl (C=O) groups is 1. The standard InChI is InChI=1S/C24H20FN3O4/c1-14-26-20-12-9-16(27-23(29)18-5-4-6-21(31-2)22(18)32-3)13-19(20)24(30)28(14)17-10-7-15(25)8-11-17/h4-13H,1-3H3,(H,27,29). The average molecular weight is 433 g/mol. The number of methoxy groups -OCH3 is 2. The summed E-state index contributed by atoms with van der Waals surface area (Å²) in [6.07, 6.45) is 0. The van der Waals surface area contributed by atoms with E-state index in [1.165, 1.54) is 43.1 Å². The number of nitrogens with one attached hydrogen (secondary N) is 1. The molecule has 3 aromatic carbocycles. The van der Waals surface area contributed by atoms with E-state index in [-0.39, 0.29) is 11.1 Å². The first-order valence-electron chi connectivity index (χ1n) is 9.74. The summed E-state index contributed by atoms with van der Waals surface area (Å²) in [6, 6.07) is 15.5. The van der Waals surface area contributed by atoms with Crippen molar-refractivity contribution in [2.24, 2.45) is 0 Å². The van der Waals surface area contributed by atoms with Crippen LogP contribution in [-0.4, -0.2) is 29.7 Å². The minimum Gasteiger partial charge on any atom is -0.493 e. The zero-order chi connectivity index (χ0) is 22.8. The highest BCUT2D eigenvalue weighted by Crippen LogP contribution is 2.31. The summed E-state index contributed by atoms with van der Waals surface area (Å²) >= 11 is 0. The molecule has 0 fully saturated rings. The third kappa shape index (κ3) is 3.78. The van der Waals surface area contributed by atoms with Gasteiger partial charge in [0.2, 0.25) is 0 Å². The normalized spacial score (nSPS) is 10.8. The summed E-state index contributed by atoms with van der Waals surface area (Å²) < 4.78 is 25.3. The molecule has 0 aliphatic rings. The zero-order valence-electron chi connectivity index (χ0n) is 17.7. The molecule has 0 radical (unpaired) electrons. The Kier molecular flexibility index (Phi) is 5.59. The number of carbonyl (C=O) groups excluding carboxylic acids is 1. The van der Waals surface area contributed by atoms with Crippen LogP contribution in [-0.2, 0) is 0 Å². The van der Waals surface area contributed by atoms with Crippen molar-refractivity contribution in [3.8, 4) is 17.2 Å². The van der Waals surface area contributed by atoms with Gasteiger partial charge in [-0.25, -0.2) is 9.37 Å². The van der Waals surface area contributed by atoms with Crippen LogP contribution in [0.25, 0.3) is 16.6 Å². The number of halogens is 1. The van der Waals surface area contributed by atoms with Gasteiger partial charge in [-0.15, -0.1) is 0 Å². The van der Waals surface area contributed by atoms with Crippen LogP contribution in [0.15, 0.2) is 65.5 Å². The van der Waals surface area contributed by atoms with Crippen LogP contribution in [0.3, 0.4) is 0 Å². The number of aromatic nitrogens is 2. The summed E-state index contributed by atoms with van der Waals surface area (Å²) in [5.74, 6) is 0.391. The molecule has 32 heavy (non-hydrogen) atoms. The summed E-state index contributed by atoms with van der Waals surface area (Å²) in [6.45, 7) is 1.70. The van der Waals surface area contributed by atoms with Crippen molar-refractivity contribution in [3.63, 3.8) is 0 Å². The van der Waals surface area contributed by atoms with Crippen molar-refractivity contribution in [3.05, 3.63) is 88.2 Å². The molecule has 0 unspecified atom stereocenters. The van der Waals surface area contributed by atoms with Crippen LogP contribution in [0.2, 0.25) is 0 Å². The number of para-hydroxylation sites is 1. The van der Waals surface area contributed by atoms with E-state index in [1.54, 1.807) is 43.3 Å². The molecule has 0 aliphatic carbocycles. The lowest BCUT2D eigenvalue weighted by Gasteiger charge is -2.14. The van der Waals surface area contributed by atoms with E-state index < -0.39 is 11.7 Å². The van der Waals surface area contributed by atoms with Gasteiger partial charge in [-0.1, -0.05) is 6.07 Å². The molecule has 0 saturated carbocycles. The molecule has 0 spiro atoms. The fraction of sp³-hybridized carbons (Fsp3) is 0.125. The number of hydrogen-bond acceptors (Lipinski definition) is 5. The van der Waals surface area contributed by atoms with Crippen molar-refractivity contribution in [2.75, 3.05) is 19.5 Å². The van der Waals surface area contributed by atoms with Crippen molar-refractivity contribution < 1.29 is 18.7 Å². The molecule has 8 heteroatoms. The summed E-state index contributed by atoms with van der Waals surface area (Å²) in [4.78, 5) is 30.6. The summed E-state index contributed by atoms with van der Waals surface area (Å²) in [7, 11) is 2.95. The van der Waals surface area contributed by atoms with E-state index in [0.29, 0.717) is 39.6 Å². The van der Waals surface area contributed by atoms with Gasteiger partial charge >= 0.3 is 0 Å². The predicted octanol–water partition coefficient (Wildman–Crippen LogP) is 4.10. The number of aryl methyl sites for hydroxylation is 1. The van der Waals surface area contributed by atoms with Crippen molar-refractivity contribution in [1.29, 1.82) is 0 Å². The van der Waals surface area contributed by atoms with E-state index in [1.807, 2.05) is 0 Å². The zero-order valence-corrected chi connectivity index (χ0v) is 17.7. The molecule has 1 N–H and O–H groups in total. The van der Waals surface area contributed by atoms with Crippen LogP contribution < -0.4 is 20.3 Å². The maximum atomic E-state index is 13.3. The van der Waals surface area contributed by atoms with Gasteiger partial charge in [0.15, 0.2) is 11.5 Å². The van der Waals surface area contributed by atoms with Gasteiger partial charge in [-0.05, 0) is 61.5 Å². The number of amides is 1.